The fourth-order valence-corrected chi connectivity index (χ4v) is 5.46. The van der Waals surface area contributed by atoms with Gasteiger partial charge in [-0.05, 0) is 54.4 Å². The van der Waals surface area contributed by atoms with Gasteiger partial charge in [-0.15, -0.1) is 0 Å². The molecule has 0 aromatic heterocycles. The molecular formula is C20H16ClF3N2O3. The molecule has 2 bridgehead atoms. The molecule has 152 valence electrons. The molecule has 6 atom stereocenters. The quantitative estimate of drug-likeness (QED) is 0.553. The Hall–Kier alpha value is -2.35. The van der Waals surface area contributed by atoms with Gasteiger partial charge in [-0.2, -0.15) is 13.2 Å². The number of rotatable bonds is 3. The fourth-order valence-electron chi connectivity index (χ4n) is 5.34. The Morgan fingerprint density at radius 1 is 1.03 bits per heavy atom. The molecule has 0 unspecified atom stereocenters. The van der Waals surface area contributed by atoms with Gasteiger partial charge < -0.3 is 0 Å². The summed E-state index contributed by atoms with van der Waals surface area (Å²) in [5.41, 5.74) is -0.0869. The van der Waals surface area contributed by atoms with Crippen LogP contribution in [0.15, 0.2) is 36.4 Å². The van der Waals surface area contributed by atoms with Gasteiger partial charge in [-0.1, -0.05) is 23.8 Å². The number of hydrogen-bond donors (Lipinski definition) is 0. The van der Waals surface area contributed by atoms with Crippen molar-refractivity contribution in [1.82, 2.24) is 4.90 Å². The van der Waals surface area contributed by atoms with Gasteiger partial charge >= 0.3 is 12.1 Å². The van der Waals surface area contributed by atoms with Gasteiger partial charge in [0.05, 0.1) is 11.8 Å². The number of anilines is 1. The van der Waals surface area contributed by atoms with E-state index in [0.29, 0.717) is 16.7 Å². The van der Waals surface area contributed by atoms with Gasteiger partial charge in [0.15, 0.2) is 0 Å². The van der Waals surface area contributed by atoms with Crippen molar-refractivity contribution < 1.29 is 27.6 Å². The van der Waals surface area contributed by atoms with Crippen LogP contribution in [0.5, 0.6) is 0 Å². The molecule has 0 N–H and O–H groups in total. The minimum absolute atomic E-state index is 0.0428. The maximum absolute atomic E-state index is 13.2. The number of nitrogens with zero attached hydrogens (tertiary/aromatic N) is 2. The van der Waals surface area contributed by atoms with Crippen molar-refractivity contribution in [3.8, 4) is 0 Å². The minimum atomic E-state index is -5.15. The monoisotopic (exact) mass is 424 g/mol. The van der Waals surface area contributed by atoms with Crippen LogP contribution in [0.25, 0.3) is 0 Å². The summed E-state index contributed by atoms with van der Waals surface area (Å²) in [6.07, 6.45) is -0.210. The zero-order chi connectivity index (χ0) is 20.7. The Bertz CT molecular complexity index is 909. The van der Waals surface area contributed by atoms with Crippen LogP contribution < -0.4 is 4.90 Å². The summed E-state index contributed by atoms with van der Waals surface area (Å²) in [6, 6.07) is 5.20. The molecule has 5 nitrogen and oxygen atoms in total. The molecule has 6 rings (SSSR count). The van der Waals surface area contributed by atoms with E-state index in [-0.39, 0.29) is 22.5 Å². The number of alkyl halides is 3. The van der Waals surface area contributed by atoms with Crippen molar-refractivity contribution in [3.05, 3.63) is 41.4 Å². The van der Waals surface area contributed by atoms with Crippen molar-refractivity contribution in [2.45, 2.75) is 12.6 Å². The third-order valence-corrected chi connectivity index (χ3v) is 6.91. The van der Waals surface area contributed by atoms with Crippen molar-refractivity contribution in [1.29, 1.82) is 0 Å². The third kappa shape index (κ3) is 2.72. The van der Waals surface area contributed by atoms with Crippen LogP contribution in [0.3, 0.4) is 0 Å². The second kappa shape index (κ2) is 6.08. The number of amides is 3. The molecule has 1 aromatic rings. The molecule has 0 spiro atoms. The second-order valence-corrected chi connectivity index (χ2v) is 8.54. The van der Waals surface area contributed by atoms with Crippen LogP contribution in [-0.2, 0) is 14.4 Å². The molecule has 2 saturated carbocycles. The van der Waals surface area contributed by atoms with Crippen molar-refractivity contribution in [2.75, 3.05) is 11.6 Å². The highest BCUT2D eigenvalue weighted by Crippen LogP contribution is 2.65. The minimum Gasteiger partial charge on any atom is -0.286 e. The average Bonchev–Trinajstić information content (AvgIpc) is 3.46. The number of imide groups is 1. The lowest BCUT2D eigenvalue weighted by atomic mass is 9.63. The molecule has 1 aliphatic heterocycles. The largest absolute Gasteiger partial charge is 0.471 e. The van der Waals surface area contributed by atoms with Gasteiger partial charge in [0.2, 0.25) is 11.8 Å². The highest BCUT2D eigenvalue weighted by atomic mass is 35.5. The Morgan fingerprint density at radius 3 is 2.03 bits per heavy atom. The van der Waals surface area contributed by atoms with Gasteiger partial charge in [0, 0.05) is 10.7 Å². The van der Waals surface area contributed by atoms with Crippen molar-refractivity contribution in [3.63, 3.8) is 0 Å². The topological polar surface area (TPSA) is 57.7 Å². The second-order valence-electron chi connectivity index (χ2n) is 8.11. The Balaban J connectivity index is 1.46. The molecule has 1 heterocycles. The van der Waals surface area contributed by atoms with E-state index < -0.39 is 42.4 Å². The summed E-state index contributed by atoms with van der Waals surface area (Å²) in [6.45, 7) is -0.764. The standard InChI is InChI=1S/C20H16ClF3N2O3/c21-9-1-3-10(4-2-9)25(19(29)20(22,23)24)8-26-17(27)15-11-5-6-12(14-7-13(11)14)16(15)18(26)28/h1-6,11-16H,7-8H2/t11-,12-,13-,14+,15+,16+/m0/s1. The molecule has 3 fully saturated rings. The van der Waals surface area contributed by atoms with Crippen LogP contribution in [0.1, 0.15) is 6.42 Å². The maximum atomic E-state index is 13.2. The first-order valence-corrected chi connectivity index (χ1v) is 9.74. The number of halogens is 4. The predicted molar refractivity (Wildman–Crippen MR) is 96.4 cm³/mol. The van der Waals surface area contributed by atoms with E-state index in [0.717, 1.165) is 11.3 Å². The first kappa shape index (κ1) is 18.7. The number of hydrogen-bond acceptors (Lipinski definition) is 3. The lowest BCUT2D eigenvalue weighted by Gasteiger charge is -2.37. The molecule has 1 aromatic carbocycles. The summed E-state index contributed by atoms with van der Waals surface area (Å²) < 4.78 is 39.6. The van der Waals surface area contributed by atoms with Crippen molar-refractivity contribution in [2.24, 2.45) is 35.5 Å². The summed E-state index contributed by atoms with van der Waals surface area (Å²) in [7, 11) is 0. The summed E-state index contributed by atoms with van der Waals surface area (Å²) in [5, 5.41) is 0.286. The first-order chi connectivity index (χ1) is 13.7. The van der Waals surface area contributed by atoms with E-state index in [1.807, 2.05) is 12.2 Å². The van der Waals surface area contributed by atoms with E-state index in [2.05, 4.69) is 0 Å². The first-order valence-electron chi connectivity index (χ1n) is 9.36. The summed E-state index contributed by atoms with van der Waals surface area (Å²) >= 11 is 5.79. The van der Waals surface area contributed by atoms with Gasteiger partial charge in [0.1, 0.15) is 6.67 Å². The molecule has 9 heteroatoms. The van der Waals surface area contributed by atoms with Crippen LogP contribution in [0.4, 0.5) is 18.9 Å². The number of allylic oxidation sites excluding steroid dienone is 2. The number of likely N-dealkylation sites (tertiary alicyclic amines) is 1. The molecule has 29 heavy (non-hydrogen) atoms. The lowest BCUT2D eigenvalue weighted by Crippen LogP contribution is -2.49. The highest BCUT2D eigenvalue weighted by Gasteiger charge is 2.67. The van der Waals surface area contributed by atoms with E-state index in [4.69, 9.17) is 11.6 Å². The van der Waals surface area contributed by atoms with Crippen LogP contribution in [0.2, 0.25) is 5.02 Å². The smallest absolute Gasteiger partial charge is 0.286 e. The molecule has 1 saturated heterocycles. The Labute approximate surface area is 169 Å². The van der Waals surface area contributed by atoms with E-state index in [9.17, 15) is 27.6 Å². The lowest BCUT2D eigenvalue weighted by molar-refractivity contribution is -0.171. The van der Waals surface area contributed by atoms with Gasteiger partial charge in [-0.3, -0.25) is 24.2 Å². The van der Waals surface area contributed by atoms with E-state index in [1.165, 1.54) is 24.3 Å². The van der Waals surface area contributed by atoms with Gasteiger partial charge in [-0.25, -0.2) is 0 Å². The van der Waals surface area contributed by atoms with Crippen LogP contribution in [0, 0.1) is 35.5 Å². The maximum Gasteiger partial charge on any atom is 0.471 e. The van der Waals surface area contributed by atoms with Crippen LogP contribution >= 0.6 is 11.6 Å². The molecule has 5 aliphatic rings. The van der Waals surface area contributed by atoms with Gasteiger partial charge in [0.25, 0.3) is 0 Å². The zero-order valence-corrected chi connectivity index (χ0v) is 15.7. The summed E-state index contributed by atoms with van der Waals surface area (Å²) in [5.74, 6) is -3.50. The normalized spacial score (nSPS) is 34.3. The SMILES string of the molecule is O=C1[C@@H]2[C@H]3C=C[C@@H]([C@@H]4C[C@H]34)[C@H]2C(=O)N1CN(C(=O)C(F)(F)F)c1ccc(Cl)cc1. The molecule has 3 amide bonds. The predicted octanol–water partition coefficient (Wildman–Crippen LogP) is 3.25. The molecule has 4 aliphatic carbocycles. The Morgan fingerprint density at radius 2 is 1.55 bits per heavy atom. The number of carbonyl (C=O) groups excluding carboxylic acids is 3. The zero-order valence-electron chi connectivity index (χ0n) is 15.0. The van der Waals surface area contributed by atoms with Crippen LogP contribution in [-0.4, -0.2) is 35.5 Å². The highest BCUT2D eigenvalue weighted by molar-refractivity contribution is 6.30. The van der Waals surface area contributed by atoms with Crippen molar-refractivity contribution >= 4 is 35.0 Å². The number of carbonyl (C=O) groups is 3. The molecule has 0 radical (unpaired) electrons. The van der Waals surface area contributed by atoms with E-state index in [1.54, 1.807) is 0 Å². The summed E-state index contributed by atoms with van der Waals surface area (Å²) in [4.78, 5) is 39.4. The third-order valence-electron chi connectivity index (χ3n) is 6.66. The average molecular weight is 425 g/mol. The fraction of sp³-hybridized carbons (Fsp3) is 0.450. The number of benzene rings is 1. The van der Waals surface area contributed by atoms with E-state index >= 15 is 0 Å². The Kier molecular flexibility index (Phi) is 3.91. The molecular weight excluding hydrogens is 409 g/mol.